The van der Waals surface area contributed by atoms with E-state index in [4.69, 9.17) is 9.47 Å². The van der Waals surface area contributed by atoms with Crippen molar-refractivity contribution in [2.24, 2.45) is 0 Å². The normalized spacial score (nSPS) is 17.0. The van der Waals surface area contributed by atoms with E-state index in [0.29, 0.717) is 17.9 Å². The van der Waals surface area contributed by atoms with Gasteiger partial charge in [0.05, 0.1) is 43.8 Å². The lowest BCUT2D eigenvalue weighted by atomic mass is 10.1. The third-order valence-electron chi connectivity index (χ3n) is 4.19. The SMILES string of the molecule is COC(=O)c1cccc(CSc2ncc(CO)n2CC2CCCO2)c1. The highest BCUT2D eigenvalue weighted by molar-refractivity contribution is 7.98. The van der Waals surface area contributed by atoms with Crippen molar-refractivity contribution >= 4 is 17.7 Å². The zero-order valence-electron chi connectivity index (χ0n) is 14.2. The van der Waals surface area contributed by atoms with E-state index in [0.717, 1.165) is 35.9 Å². The Balaban J connectivity index is 1.70. The first-order valence-corrected chi connectivity index (χ1v) is 9.26. The van der Waals surface area contributed by atoms with Gasteiger partial charge in [-0.1, -0.05) is 23.9 Å². The van der Waals surface area contributed by atoms with E-state index in [1.165, 1.54) is 7.11 Å². The van der Waals surface area contributed by atoms with Crippen LogP contribution in [0.15, 0.2) is 35.6 Å². The highest BCUT2D eigenvalue weighted by Crippen LogP contribution is 2.25. The molecule has 1 aromatic heterocycles. The number of ether oxygens (including phenoxy) is 2. The number of aromatic nitrogens is 2. The van der Waals surface area contributed by atoms with Crippen molar-refractivity contribution in [3.63, 3.8) is 0 Å². The van der Waals surface area contributed by atoms with Crippen LogP contribution in [-0.4, -0.2) is 40.4 Å². The molecule has 134 valence electrons. The molecule has 1 fully saturated rings. The number of carbonyl (C=O) groups excluding carboxylic acids is 1. The van der Waals surface area contributed by atoms with Crippen LogP contribution >= 0.6 is 11.8 Å². The summed E-state index contributed by atoms with van der Waals surface area (Å²) in [6.07, 6.45) is 4.01. The van der Waals surface area contributed by atoms with Crippen LogP contribution in [0.5, 0.6) is 0 Å². The molecule has 1 aliphatic heterocycles. The Bertz CT molecular complexity index is 726. The van der Waals surface area contributed by atoms with E-state index in [-0.39, 0.29) is 18.7 Å². The summed E-state index contributed by atoms with van der Waals surface area (Å²) in [7, 11) is 1.38. The summed E-state index contributed by atoms with van der Waals surface area (Å²) in [5, 5.41) is 10.4. The van der Waals surface area contributed by atoms with E-state index in [1.807, 2.05) is 22.8 Å². The second-order valence-electron chi connectivity index (χ2n) is 5.92. The van der Waals surface area contributed by atoms with Gasteiger partial charge in [-0.25, -0.2) is 9.78 Å². The Morgan fingerprint density at radius 1 is 1.52 bits per heavy atom. The molecule has 25 heavy (non-hydrogen) atoms. The zero-order valence-corrected chi connectivity index (χ0v) is 15.0. The molecule has 0 saturated carbocycles. The Labute approximate surface area is 151 Å². The van der Waals surface area contributed by atoms with Crippen molar-refractivity contribution in [2.75, 3.05) is 13.7 Å². The van der Waals surface area contributed by atoms with Crippen LogP contribution in [0, 0.1) is 0 Å². The molecule has 0 bridgehead atoms. The van der Waals surface area contributed by atoms with Crippen molar-refractivity contribution in [3.8, 4) is 0 Å². The summed E-state index contributed by atoms with van der Waals surface area (Å²) in [6, 6.07) is 7.39. The van der Waals surface area contributed by atoms with Gasteiger partial charge in [0.2, 0.25) is 0 Å². The molecule has 0 amide bonds. The third-order valence-corrected chi connectivity index (χ3v) is 5.25. The summed E-state index contributed by atoms with van der Waals surface area (Å²) < 4.78 is 12.5. The van der Waals surface area contributed by atoms with E-state index in [9.17, 15) is 9.90 Å². The van der Waals surface area contributed by atoms with E-state index >= 15 is 0 Å². The number of nitrogens with zero attached hydrogens (tertiary/aromatic N) is 2. The Hall–Kier alpha value is -1.83. The molecule has 2 aromatic rings. The van der Waals surface area contributed by atoms with Gasteiger partial charge in [-0.15, -0.1) is 0 Å². The Morgan fingerprint density at radius 3 is 3.12 bits per heavy atom. The summed E-state index contributed by atoms with van der Waals surface area (Å²) in [5.41, 5.74) is 2.35. The number of thioether (sulfide) groups is 1. The number of esters is 1. The number of carbonyl (C=O) groups is 1. The van der Waals surface area contributed by atoms with Crippen LogP contribution in [0.4, 0.5) is 0 Å². The maximum atomic E-state index is 11.6. The number of benzene rings is 1. The number of aliphatic hydroxyl groups excluding tert-OH is 1. The smallest absolute Gasteiger partial charge is 0.337 e. The van der Waals surface area contributed by atoms with Crippen LogP contribution in [0.2, 0.25) is 0 Å². The molecule has 1 saturated heterocycles. The van der Waals surface area contributed by atoms with Crippen molar-refractivity contribution in [3.05, 3.63) is 47.3 Å². The highest BCUT2D eigenvalue weighted by atomic mass is 32.2. The van der Waals surface area contributed by atoms with Gasteiger partial charge in [-0.2, -0.15) is 0 Å². The molecule has 1 unspecified atom stereocenters. The first-order valence-electron chi connectivity index (χ1n) is 8.28. The fourth-order valence-electron chi connectivity index (χ4n) is 2.87. The maximum absolute atomic E-state index is 11.6. The fraction of sp³-hybridized carbons (Fsp3) is 0.444. The maximum Gasteiger partial charge on any atom is 0.337 e. The number of methoxy groups -OCH3 is 1. The second-order valence-corrected chi connectivity index (χ2v) is 6.86. The predicted octanol–water partition coefficient (Wildman–Crippen LogP) is 2.63. The average Bonchev–Trinajstić information content (AvgIpc) is 3.29. The minimum absolute atomic E-state index is 0.0435. The topological polar surface area (TPSA) is 73.6 Å². The van der Waals surface area contributed by atoms with Crippen molar-refractivity contribution in [1.82, 2.24) is 9.55 Å². The minimum atomic E-state index is -0.339. The molecule has 6 nitrogen and oxygen atoms in total. The van der Waals surface area contributed by atoms with E-state index in [2.05, 4.69) is 4.98 Å². The predicted molar refractivity (Wildman–Crippen MR) is 94.5 cm³/mol. The third kappa shape index (κ3) is 4.42. The number of imidazole rings is 1. The van der Waals surface area contributed by atoms with Crippen molar-refractivity contribution < 1.29 is 19.4 Å². The number of hydrogen-bond donors (Lipinski definition) is 1. The first-order chi connectivity index (χ1) is 12.2. The van der Waals surface area contributed by atoms with Crippen LogP contribution in [-0.2, 0) is 28.4 Å². The molecule has 0 radical (unpaired) electrons. The summed E-state index contributed by atoms with van der Waals surface area (Å²) in [6.45, 7) is 1.47. The molecular weight excluding hydrogens is 340 g/mol. The summed E-state index contributed by atoms with van der Waals surface area (Å²) >= 11 is 1.58. The lowest BCUT2D eigenvalue weighted by Crippen LogP contribution is -2.17. The van der Waals surface area contributed by atoms with Gasteiger partial charge >= 0.3 is 5.97 Å². The van der Waals surface area contributed by atoms with Crippen LogP contribution in [0.3, 0.4) is 0 Å². The quantitative estimate of drug-likeness (QED) is 0.603. The Kier molecular flexibility index (Phi) is 6.12. The Morgan fingerprint density at radius 2 is 2.40 bits per heavy atom. The standard InChI is InChI=1S/C18H22N2O4S/c1-23-17(22)14-5-2-4-13(8-14)12-25-18-19-9-15(11-21)20(18)10-16-6-3-7-24-16/h2,4-5,8-9,16,21H,3,6-7,10-12H2,1H3. The minimum Gasteiger partial charge on any atom is -0.465 e. The van der Waals surface area contributed by atoms with Gasteiger partial charge < -0.3 is 19.1 Å². The largest absolute Gasteiger partial charge is 0.465 e. The second kappa shape index (κ2) is 8.51. The highest BCUT2D eigenvalue weighted by Gasteiger charge is 2.20. The molecule has 1 aliphatic rings. The molecule has 7 heteroatoms. The molecule has 2 heterocycles. The van der Waals surface area contributed by atoms with Gasteiger partial charge in [0.15, 0.2) is 5.16 Å². The summed E-state index contributed by atoms with van der Waals surface area (Å²) in [4.78, 5) is 16.1. The average molecular weight is 362 g/mol. The first kappa shape index (κ1) is 18.0. The number of aliphatic hydroxyl groups is 1. The van der Waals surface area contributed by atoms with Crippen LogP contribution in [0.25, 0.3) is 0 Å². The fourth-order valence-corrected chi connectivity index (χ4v) is 3.82. The lowest BCUT2D eigenvalue weighted by molar-refractivity contribution is 0.0600. The number of rotatable bonds is 7. The molecule has 3 rings (SSSR count). The van der Waals surface area contributed by atoms with E-state index < -0.39 is 0 Å². The van der Waals surface area contributed by atoms with Gasteiger partial charge in [-0.05, 0) is 30.5 Å². The van der Waals surface area contributed by atoms with Crippen molar-refractivity contribution in [2.45, 2.75) is 43.0 Å². The summed E-state index contributed by atoms with van der Waals surface area (Å²) in [5.74, 6) is 0.340. The van der Waals surface area contributed by atoms with Crippen LogP contribution in [0.1, 0.15) is 34.5 Å². The molecular formula is C18H22N2O4S. The molecule has 0 spiro atoms. The molecule has 1 aromatic carbocycles. The van der Waals surface area contributed by atoms with Crippen LogP contribution < -0.4 is 0 Å². The molecule has 0 aliphatic carbocycles. The van der Waals surface area contributed by atoms with Gasteiger partial charge in [-0.3, -0.25) is 0 Å². The monoisotopic (exact) mass is 362 g/mol. The lowest BCUT2D eigenvalue weighted by Gasteiger charge is -2.15. The molecule has 1 N–H and O–H groups in total. The van der Waals surface area contributed by atoms with Crippen molar-refractivity contribution in [1.29, 1.82) is 0 Å². The number of hydrogen-bond acceptors (Lipinski definition) is 6. The van der Waals surface area contributed by atoms with Gasteiger partial charge in [0.1, 0.15) is 0 Å². The van der Waals surface area contributed by atoms with Gasteiger partial charge in [0.25, 0.3) is 0 Å². The molecule has 1 atom stereocenters. The zero-order chi connectivity index (χ0) is 17.6. The van der Waals surface area contributed by atoms with E-state index in [1.54, 1.807) is 24.0 Å². The van der Waals surface area contributed by atoms with Gasteiger partial charge in [0, 0.05) is 12.4 Å².